The standard InChI is InChI=1S/C10H18N4O3S/c1-10(9-13-4-2-3-11-13)12-18(15,16)14-5-7-17-8-6-14/h2-4,10,12H,5-9H2,1H3/t10-/m0/s1. The normalized spacial score (nSPS) is 19.8. The molecule has 2 rings (SSSR count). The molecule has 8 heteroatoms. The smallest absolute Gasteiger partial charge is 0.279 e. The first-order chi connectivity index (χ1) is 8.58. The Hall–Kier alpha value is -0.960. The van der Waals surface area contributed by atoms with Crippen molar-refractivity contribution >= 4 is 10.2 Å². The van der Waals surface area contributed by atoms with E-state index >= 15 is 0 Å². The molecule has 0 aromatic carbocycles. The number of rotatable bonds is 5. The first-order valence-corrected chi connectivity index (χ1v) is 7.34. The molecule has 0 radical (unpaired) electrons. The minimum Gasteiger partial charge on any atom is -0.379 e. The van der Waals surface area contributed by atoms with E-state index < -0.39 is 10.2 Å². The molecule has 1 aromatic heterocycles. The number of nitrogens with zero attached hydrogens (tertiary/aromatic N) is 3. The Morgan fingerprint density at radius 1 is 1.44 bits per heavy atom. The number of hydrogen-bond donors (Lipinski definition) is 1. The van der Waals surface area contributed by atoms with Crippen molar-refractivity contribution in [1.29, 1.82) is 0 Å². The van der Waals surface area contributed by atoms with Crippen LogP contribution in [0.4, 0.5) is 0 Å². The highest BCUT2D eigenvalue weighted by atomic mass is 32.2. The maximum Gasteiger partial charge on any atom is 0.279 e. The van der Waals surface area contributed by atoms with Crippen molar-refractivity contribution in [1.82, 2.24) is 18.8 Å². The largest absolute Gasteiger partial charge is 0.379 e. The van der Waals surface area contributed by atoms with Crippen molar-refractivity contribution in [2.45, 2.75) is 19.5 Å². The van der Waals surface area contributed by atoms with Crippen LogP contribution in [0.2, 0.25) is 0 Å². The van der Waals surface area contributed by atoms with Crippen LogP contribution in [0.5, 0.6) is 0 Å². The predicted octanol–water partition coefficient (Wildman–Crippen LogP) is -0.562. The van der Waals surface area contributed by atoms with Crippen molar-refractivity contribution in [3.63, 3.8) is 0 Å². The van der Waals surface area contributed by atoms with Gasteiger partial charge < -0.3 is 4.74 Å². The molecule has 1 aliphatic heterocycles. The second-order valence-corrected chi connectivity index (χ2v) is 5.97. The summed E-state index contributed by atoms with van der Waals surface area (Å²) in [5.74, 6) is 0. The van der Waals surface area contributed by atoms with Gasteiger partial charge in [0.2, 0.25) is 0 Å². The second kappa shape index (κ2) is 5.79. The first kappa shape index (κ1) is 13.5. The zero-order valence-electron chi connectivity index (χ0n) is 10.3. The van der Waals surface area contributed by atoms with Gasteiger partial charge in [0.25, 0.3) is 10.2 Å². The third kappa shape index (κ3) is 3.52. The molecule has 7 nitrogen and oxygen atoms in total. The molecule has 0 saturated carbocycles. The topological polar surface area (TPSA) is 76.5 Å². The number of morpholine rings is 1. The maximum atomic E-state index is 12.1. The van der Waals surface area contributed by atoms with Gasteiger partial charge in [-0.25, -0.2) is 0 Å². The molecule has 1 aromatic rings. The van der Waals surface area contributed by atoms with Crippen molar-refractivity contribution in [2.75, 3.05) is 26.3 Å². The Morgan fingerprint density at radius 3 is 2.78 bits per heavy atom. The molecule has 0 amide bonds. The molecule has 1 saturated heterocycles. The lowest BCUT2D eigenvalue weighted by atomic mass is 10.4. The summed E-state index contributed by atoms with van der Waals surface area (Å²) in [7, 11) is -3.42. The van der Waals surface area contributed by atoms with Gasteiger partial charge in [-0.3, -0.25) is 4.68 Å². The molecule has 0 unspecified atom stereocenters. The Bertz CT molecular complexity index is 453. The summed E-state index contributed by atoms with van der Waals surface area (Å²) in [6, 6.07) is 1.60. The van der Waals surface area contributed by atoms with Crippen LogP contribution in [0.3, 0.4) is 0 Å². The van der Waals surface area contributed by atoms with E-state index in [1.54, 1.807) is 17.1 Å². The fraction of sp³-hybridized carbons (Fsp3) is 0.700. The summed E-state index contributed by atoms with van der Waals surface area (Å²) in [4.78, 5) is 0. The fourth-order valence-corrected chi connectivity index (χ4v) is 3.20. The third-order valence-electron chi connectivity index (χ3n) is 2.68. The van der Waals surface area contributed by atoms with E-state index in [1.165, 1.54) is 4.31 Å². The molecular formula is C10H18N4O3S. The number of nitrogens with one attached hydrogen (secondary N) is 1. The quantitative estimate of drug-likeness (QED) is 0.781. The third-order valence-corrected chi connectivity index (χ3v) is 4.43. The summed E-state index contributed by atoms with van der Waals surface area (Å²) in [5, 5.41) is 4.05. The molecule has 0 spiro atoms. The van der Waals surface area contributed by atoms with E-state index in [2.05, 4.69) is 9.82 Å². The van der Waals surface area contributed by atoms with Crippen LogP contribution < -0.4 is 4.72 Å². The van der Waals surface area contributed by atoms with E-state index in [-0.39, 0.29) is 6.04 Å². The number of aromatic nitrogens is 2. The van der Waals surface area contributed by atoms with Gasteiger partial charge in [0.05, 0.1) is 19.8 Å². The van der Waals surface area contributed by atoms with E-state index in [0.717, 1.165) is 0 Å². The lowest BCUT2D eigenvalue weighted by Gasteiger charge is -2.27. The molecule has 2 heterocycles. The summed E-state index contributed by atoms with van der Waals surface area (Å²) in [6.45, 7) is 4.05. The molecular weight excluding hydrogens is 256 g/mol. The van der Waals surface area contributed by atoms with Crippen molar-refractivity contribution in [3.05, 3.63) is 18.5 Å². The van der Waals surface area contributed by atoms with Gasteiger partial charge in [0, 0.05) is 31.5 Å². The van der Waals surface area contributed by atoms with Crippen LogP contribution in [0.1, 0.15) is 6.92 Å². The SMILES string of the molecule is C[C@@H](Cn1cccn1)NS(=O)(=O)N1CCOCC1. The molecule has 0 bridgehead atoms. The van der Waals surface area contributed by atoms with Gasteiger partial charge in [-0.15, -0.1) is 0 Å². The highest BCUT2D eigenvalue weighted by Gasteiger charge is 2.25. The van der Waals surface area contributed by atoms with E-state index in [0.29, 0.717) is 32.8 Å². The molecule has 0 aliphatic carbocycles. The Morgan fingerprint density at radius 2 is 2.17 bits per heavy atom. The minimum atomic E-state index is -3.42. The Balaban J connectivity index is 1.90. The van der Waals surface area contributed by atoms with Crippen LogP contribution in [0.15, 0.2) is 18.5 Å². The Labute approximate surface area is 107 Å². The molecule has 1 atom stereocenters. The average molecular weight is 274 g/mol. The summed E-state index contributed by atoms with van der Waals surface area (Å²) in [6.07, 6.45) is 3.47. The van der Waals surface area contributed by atoms with Crippen molar-refractivity contribution < 1.29 is 13.2 Å². The Kier molecular flexibility index (Phi) is 4.33. The van der Waals surface area contributed by atoms with Gasteiger partial charge in [-0.05, 0) is 13.0 Å². The first-order valence-electron chi connectivity index (χ1n) is 5.90. The summed E-state index contributed by atoms with van der Waals surface area (Å²) < 4.78 is 35.0. The zero-order valence-corrected chi connectivity index (χ0v) is 11.1. The lowest BCUT2D eigenvalue weighted by Crippen LogP contribution is -2.49. The highest BCUT2D eigenvalue weighted by molar-refractivity contribution is 7.87. The number of hydrogen-bond acceptors (Lipinski definition) is 4. The predicted molar refractivity (Wildman–Crippen MR) is 66.1 cm³/mol. The van der Waals surface area contributed by atoms with Crippen LogP contribution in [-0.4, -0.2) is 54.8 Å². The highest BCUT2D eigenvalue weighted by Crippen LogP contribution is 2.04. The monoisotopic (exact) mass is 274 g/mol. The van der Waals surface area contributed by atoms with Crippen LogP contribution in [0, 0.1) is 0 Å². The van der Waals surface area contributed by atoms with Gasteiger partial charge >= 0.3 is 0 Å². The van der Waals surface area contributed by atoms with Gasteiger partial charge in [-0.2, -0.15) is 22.5 Å². The van der Waals surface area contributed by atoms with Gasteiger partial charge in [0.1, 0.15) is 0 Å². The second-order valence-electron chi connectivity index (χ2n) is 4.26. The molecule has 1 N–H and O–H groups in total. The van der Waals surface area contributed by atoms with E-state index in [1.807, 2.05) is 13.0 Å². The average Bonchev–Trinajstić information content (AvgIpc) is 2.82. The zero-order chi connectivity index (χ0) is 13.0. The van der Waals surface area contributed by atoms with E-state index in [9.17, 15) is 8.42 Å². The van der Waals surface area contributed by atoms with Crippen LogP contribution >= 0.6 is 0 Å². The van der Waals surface area contributed by atoms with Crippen LogP contribution in [0.25, 0.3) is 0 Å². The summed E-state index contributed by atoms with van der Waals surface area (Å²) >= 11 is 0. The fourth-order valence-electron chi connectivity index (χ4n) is 1.84. The van der Waals surface area contributed by atoms with E-state index in [4.69, 9.17) is 4.74 Å². The summed E-state index contributed by atoms with van der Waals surface area (Å²) in [5.41, 5.74) is 0. The number of ether oxygens (including phenoxy) is 1. The maximum absolute atomic E-state index is 12.1. The van der Waals surface area contributed by atoms with Crippen molar-refractivity contribution in [2.24, 2.45) is 0 Å². The molecule has 1 aliphatic rings. The minimum absolute atomic E-state index is 0.210. The molecule has 102 valence electrons. The lowest BCUT2D eigenvalue weighted by molar-refractivity contribution is 0.0723. The van der Waals surface area contributed by atoms with Crippen LogP contribution in [-0.2, 0) is 21.5 Å². The molecule has 1 fully saturated rings. The molecule has 18 heavy (non-hydrogen) atoms. The van der Waals surface area contributed by atoms with Gasteiger partial charge in [0.15, 0.2) is 0 Å². The van der Waals surface area contributed by atoms with Crippen molar-refractivity contribution in [3.8, 4) is 0 Å². The van der Waals surface area contributed by atoms with Gasteiger partial charge in [-0.1, -0.05) is 0 Å².